The highest BCUT2D eigenvalue weighted by Gasteiger charge is 2.27. The number of nitrogens with two attached hydrogens (primary N) is 2. The van der Waals surface area contributed by atoms with Crippen molar-refractivity contribution in [3.63, 3.8) is 0 Å². The monoisotopic (exact) mass is 157 g/mol. The van der Waals surface area contributed by atoms with Crippen molar-refractivity contribution in [2.45, 2.75) is 12.8 Å². The lowest BCUT2D eigenvalue weighted by Gasteiger charge is -2.38. The Morgan fingerprint density at radius 2 is 2.18 bits per heavy atom. The molecule has 0 aromatic heterocycles. The van der Waals surface area contributed by atoms with Crippen LogP contribution in [0.5, 0.6) is 0 Å². The topological polar surface area (TPSA) is 72.3 Å². The van der Waals surface area contributed by atoms with E-state index < -0.39 is 0 Å². The van der Waals surface area contributed by atoms with E-state index in [1.165, 1.54) is 0 Å². The second kappa shape index (κ2) is 3.57. The number of hydrogen-bond acceptors (Lipinski definition) is 2. The van der Waals surface area contributed by atoms with Crippen molar-refractivity contribution in [3.05, 3.63) is 0 Å². The molecule has 2 amide bonds. The highest BCUT2D eigenvalue weighted by Crippen LogP contribution is 2.19. The van der Waals surface area contributed by atoms with Crippen LogP contribution in [0.15, 0.2) is 0 Å². The minimum absolute atomic E-state index is 0.297. The molecule has 0 radical (unpaired) electrons. The summed E-state index contributed by atoms with van der Waals surface area (Å²) < 4.78 is 0. The molecule has 0 aromatic rings. The largest absolute Gasteiger partial charge is 0.351 e. The molecule has 0 spiro atoms. The van der Waals surface area contributed by atoms with Crippen LogP contribution in [0, 0.1) is 5.92 Å². The quantitative estimate of drug-likeness (QED) is 0.592. The molecule has 4 nitrogen and oxygen atoms in total. The normalized spacial score (nSPS) is 18.1. The van der Waals surface area contributed by atoms with E-state index in [4.69, 9.17) is 11.5 Å². The summed E-state index contributed by atoms with van der Waals surface area (Å²) in [6, 6.07) is -0.297. The number of hydrogen-bond donors (Lipinski definition) is 2. The first-order valence-corrected chi connectivity index (χ1v) is 3.98. The third-order valence-electron chi connectivity index (χ3n) is 2.09. The molecule has 1 aliphatic rings. The number of carbonyl (C=O) groups excluding carboxylic acids is 1. The molecule has 11 heavy (non-hydrogen) atoms. The van der Waals surface area contributed by atoms with Gasteiger partial charge in [0, 0.05) is 13.1 Å². The number of amides is 2. The Balaban J connectivity index is 2.05. The summed E-state index contributed by atoms with van der Waals surface area (Å²) in [6.07, 6.45) is 2.18. The van der Waals surface area contributed by atoms with Crippen LogP contribution in [-0.4, -0.2) is 30.6 Å². The first-order chi connectivity index (χ1) is 5.24. The van der Waals surface area contributed by atoms with E-state index >= 15 is 0 Å². The molecule has 1 aliphatic heterocycles. The number of rotatable bonds is 3. The average molecular weight is 157 g/mol. The number of likely N-dealkylation sites (tertiary alicyclic amines) is 1. The van der Waals surface area contributed by atoms with Gasteiger partial charge in [0.15, 0.2) is 0 Å². The van der Waals surface area contributed by atoms with Gasteiger partial charge in [-0.3, -0.25) is 0 Å². The maximum absolute atomic E-state index is 10.5. The zero-order valence-corrected chi connectivity index (χ0v) is 6.62. The molecule has 0 saturated carbocycles. The standard InChI is InChI=1S/C7H15N3O/c8-3-1-2-6-4-10(5-6)7(9)11/h6H,1-5,8H2,(H2,9,11). The third-order valence-corrected chi connectivity index (χ3v) is 2.09. The SMILES string of the molecule is NCCCC1CN(C(N)=O)C1. The minimum Gasteiger partial charge on any atom is -0.351 e. The van der Waals surface area contributed by atoms with Gasteiger partial charge in [-0.15, -0.1) is 0 Å². The highest BCUT2D eigenvalue weighted by atomic mass is 16.2. The zero-order valence-electron chi connectivity index (χ0n) is 6.62. The predicted molar refractivity (Wildman–Crippen MR) is 42.9 cm³/mol. The van der Waals surface area contributed by atoms with Gasteiger partial charge in [0.05, 0.1) is 0 Å². The van der Waals surface area contributed by atoms with Crippen LogP contribution < -0.4 is 11.5 Å². The van der Waals surface area contributed by atoms with Crippen molar-refractivity contribution < 1.29 is 4.79 Å². The Morgan fingerprint density at radius 3 is 2.64 bits per heavy atom. The summed E-state index contributed by atoms with van der Waals surface area (Å²) in [6.45, 7) is 2.40. The maximum atomic E-state index is 10.5. The van der Waals surface area contributed by atoms with Gasteiger partial charge >= 0.3 is 6.03 Å². The molecule has 1 heterocycles. The van der Waals surface area contributed by atoms with Crippen LogP contribution in [0.1, 0.15) is 12.8 Å². The molecule has 4 heteroatoms. The number of nitrogens with zero attached hydrogens (tertiary/aromatic N) is 1. The molecule has 0 unspecified atom stereocenters. The Kier molecular flexibility index (Phi) is 2.70. The van der Waals surface area contributed by atoms with Crippen LogP contribution >= 0.6 is 0 Å². The minimum atomic E-state index is -0.297. The Hall–Kier alpha value is -0.770. The summed E-state index contributed by atoms with van der Waals surface area (Å²) in [5.74, 6) is 0.644. The van der Waals surface area contributed by atoms with Gasteiger partial charge in [0.25, 0.3) is 0 Å². The van der Waals surface area contributed by atoms with E-state index in [0.717, 1.165) is 32.5 Å². The van der Waals surface area contributed by atoms with Crippen molar-refractivity contribution in [1.29, 1.82) is 0 Å². The van der Waals surface area contributed by atoms with E-state index in [2.05, 4.69) is 0 Å². The van der Waals surface area contributed by atoms with Crippen LogP contribution in [-0.2, 0) is 0 Å². The Bertz CT molecular complexity index is 143. The molecule has 1 fully saturated rings. The van der Waals surface area contributed by atoms with Crippen molar-refractivity contribution >= 4 is 6.03 Å². The Morgan fingerprint density at radius 1 is 1.55 bits per heavy atom. The molecule has 0 bridgehead atoms. The molecule has 1 rings (SSSR count). The molecule has 4 N–H and O–H groups in total. The number of primary amides is 1. The smallest absolute Gasteiger partial charge is 0.314 e. The lowest BCUT2D eigenvalue weighted by Crippen LogP contribution is -2.52. The van der Waals surface area contributed by atoms with Crippen molar-refractivity contribution in [2.24, 2.45) is 17.4 Å². The van der Waals surface area contributed by atoms with Gasteiger partial charge in [-0.2, -0.15) is 0 Å². The molecular formula is C7H15N3O. The molecule has 0 aromatic carbocycles. The predicted octanol–water partition coefficient (Wildman–Crippen LogP) is -0.264. The van der Waals surface area contributed by atoms with Crippen LogP contribution in [0.2, 0.25) is 0 Å². The molecule has 0 atom stereocenters. The van der Waals surface area contributed by atoms with Crippen molar-refractivity contribution in [2.75, 3.05) is 19.6 Å². The second-order valence-corrected chi connectivity index (χ2v) is 3.04. The summed E-state index contributed by atoms with van der Waals surface area (Å²) in [7, 11) is 0. The molecule has 1 saturated heterocycles. The van der Waals surface area contributed by atoms with Crippen LogP contribution in [0.4, 0.5) is 4.79 Å². The zero-order chi connectivity index (χ0) is 8.27. The highest BCUT2D eigenvalue weighted by molar-refractivity contribution is 5.72. The fourth-order valence-electron chi connectivity index (χ4n) is 1.34. The van der Waals surface area contributed by atoms with Crippen molar-refractivity contribution in [1.82, 2.24) is 4.90 Å². The molecular weight excluding hydrogens is 142 g/mol. The van der Waals surface area contributed by atoms with Crippen LogP contribution in [0.3, 0.4) is 0 Å². The van der Waals surface area contributed by atoms with E-state index in [0.29, 0.717) is 5.92 Å². The van der Waals surface area contributed by atoms with Gasteiger partial charge in [-0.1, -0.05) is 0 Å². The fraction of sp³-hybridized carbons (Fsp3) is 0.857. The van der Waals surface area contributed by atoms with E-state index in [-0.39, 0.29) is 6.03 Å². The lowest BCUT2D eigenvalue weighted by atomic mass is 9.95. The summed E-state index contributed by atoms with van der Waals surface area (Å²) in [4.78, 5) is 12.2. The van der Waals surface area contributed by atoms with E-state index in [1.807, 2.05) is 0 Å². The maximum Gasteiger partial charge on any atom is 0.314 e. The van der Waals surface area contributed by atoms with Gasteiger partial charge in [0.1, 0.15) is 0 Å². The molecule has 64 valence electrons. The first kappa shape index (κ1) is 8.33. The number of urea groups is 1. The molecule has 0 aliphatic carbocycles. The van der Waals surface area contributed by atoms with Gasteiger partial charge in [-0.25, -0.2) is 4.79 Å². The van der Waals surface area contributed by atoms with Gasteiger partial charge in [0.2, 0.25) is 0 Å². The fourth-order valence-corrected chi connectivity index (χ4v) is 1.34. The van der Waals surface area contributed by atoms with E-state index in [1.54, 1.807) is 4.90 Å². The van der Waals surface area contributed by atoms with E-state index in [9.17, 15) is 4.79 Å². The first-order valence-electron chi connectivity index (χ1n) is 3.98. The van der Waals surface area contributed by atoms with Crippen LogP contribution in [0.25, 0.3) is 0 Å². The third kappa shape index (κ3) is 2.08. The van der Waals surface area contributed by atoms with Crippen molar-refractivity contribution in [3.8, 4) is 0 Å². The average Bonchev–Trinajstić information content (AvgIpc) is 1.84. The second-order valence-electron chi connectivity index (χ2n) is 3.04. The summed E-state index contributed by atoms with van der Waals surface area (Å²) >= 11 is 0. The van der Waals surface area contributed by atoms with Gasteiger partial charge in [-0.05, 0) is 25.3 Å². The Labute approximate surface area is 66.5 Å². The summed E-state index contributed by atoms with van der Waals surface area (Å²) in [5.41, 5.74) is 10.4. The van der Waals surface area contributed by atoms with Gasteiger partial charge < -0.3 is 16.4 Å². The summed E-state index contributed by atoms with van der Waals surface area (Å²) in [5, 5.41) is 0. The lowest BCUT2D eigenvalue weighted by molar-refractivity contribution is 0.121. The number of carbonyl (C=O) groups is 1.